The molecule has 2 aromatic rings. The van der Waals surface area contributed by atoms with Crippen molar-refractivity contribution >= 4 is 23.3 Å². The van der Waals surface area contributed by atoms with Gasteiger partial charge in [0.05, 0.1) is 5.56 Å². The van der Waals surface area contributed by atoms with Crippen LogP contribution in [0.4, 0.5) is 19.0 Å². The Morgan fingerprint density at radius 1 is 1.05 bits per heavy atom. The molecule has 3 fully saturated rings. The Morgan fingerprint density at radius 2 is 1.71 bits per heavy atom. The number of nitrogens with zero attached hydrogens (tertiary/aromatic N) is 4. The molecule has 1 aromatic heterocycles. The number of amides is 1. The molecule has 2 heterocycles. The molecular weight excluding hydrogens is 557 g/mol. The third-order valence-electron chi connectivity index (χ3n) is 9.29. The zero-order valence-electron chi connectivity index (χ0n) is 23.6. The fourth-order valence-corrected chi connectivity index (χ4v) is 6.58. The van der Waals surface area contributed by atoms with E-state index in [1.54, 1.807) is 32.3 Å². The molecule has 0 spiro atoms. The fourth-order valence-electron chi connectivity index (χ4n) is 6.35. The molecular formula is C30H38ClF3N4O3. The van der Waals surface area contributed by atoms with Crippen LogP contribution >= 0.6 is 11.6 Å². The number of pyridine rings is 1. The highest BCUT2D eigenvalue weighted by molar-refractivity contribution is 6.32. The third kappa shape index (κ3) is 5.81. The Kier molecular flexibility index (Phi) is 8.33. The SMILES string of the molecule is CN(C)C(=O)c1ccc(N2CCC([C@H]3C[C@H](N(C)C(O)[C@](O)(c4cccc(C5CC5)c4)C(F)(F)F)C3)CC2)nc1Cl. The van der Waals surface area contributed by atoms with E-state index in [0.717, 1.165) is 50.2 Å². The quantitative estimate of drug-likeness (QED) is 0.330. The molecule has 1 aromatic carbocycles. The van der Waals surface area contributed by atoms with Gasteiger partial charge < -0.3 is 20.0 Å². The molecule has 0 bridgehead atoms. The number of rotatable bonds is 8. The third-order valence-corrected chi connectivity index (χ3v) is 9.58. The fraction of sp³-hybridized carbons (Fsp3) is 0.600. The molecule has 2 aliphatic carbocycles. The van der Waals surface area contributed by atoms with Crippen molar-refractivity contribution in [2.24, 2.45) is 11.8 Å². The van der Waals surface area contributed by atoms with E-state index in [4.69, 9.17) is 11.6 Å². The number of anilines is 1. The average Bonchev–Trinajstić information content (AvgIpc) is 3.76. The largest absolute Gasteiger partial charge is 0.425 e. The number of aliphatic hydroxyl groups is 2. The minimum Gasteiger partial charge on any atom is -0.375 e. The lowest BCUT2D eigenvalue weighted by molar-refractivity contribution is -0.322. The van der Waals surface area contributed by atoms with Crippen molar-refractivity contribution in [3.8, 4) is 0 Å². The minimum absolute atomic E-state index is 0.171. The molecule has 2 saturated carbocycles. The Bertz CT molecular complexity index is 1260. The van der Waals surface area contributed by atoms with Crippen LogP contribution in [0, 0.1) is 11.8 Å². The van der Waals surface area contributed by atoms with Crippen molar-refractivity contribution in [1.82, 2.24) is 14.8 Å². The monoisotopic (exact) mass is 594 g/mol. The van der Waals surface area contributed by atoms with Gasteiger partial charge in [-0.1, -0.05) is 35.9 Å². The number of halogens is 4. The predicted octanol–water partition coefficient (Wildman–Crippen LogP) is 5.01. The van der Waals surface area contributed by atoms with Gasteiger partial charge >= 0.3 is 6.18 Å². The van der Waals surface area contributed by atoms with Gasteiger partial charge in [-0.3, -0.25) is 9.69 Å². The minimum atomic E-state index is -5.05. The van der Waals surface area contributed by atoms with Crippen molar-refractivity contribution in [3.63, 3.8) is 0 Å². The van der Waals surface area contributed by atoms with Crippen molar-refractivity contribution in [1.29, 1.82) is 0 Å². The maximum absolute atomic E-state index is 14.3. The number of carbonyl (C=O) groups is 1. The van der Waals surface area contributed by atoms with Gasteiger partial charge in [0, 0.05) is 33.2 Å². The Balaban J connectivity index is 1.18. The number of hydrogen-bond acceptors (Lipinski definition) is 6. The van der Waals surface area contributed by atoms with Crippen LogP contribution in [-0.2, 0) is 5.60 Å². The highest BCUT2D eigenvalue weighted by Gasteiger charge is 2.62. The van der Waals surface area contributed by atoms with Gasteiger partial charge in [-0.15, -0.1) is 0 Å². The molecule has 5 rings (SSSR count). The summed E-state index contributed by atoms with van der Waals surface area (Å²) in [5.41, 5.74) is -2.57. The second kappa shape index (κ2) is 11.4. The summed E-state index contributed by atoms with van der Waals surface area (Å²) in [6.07, 6.45) is -2.18. The van der Waals surface area contributed by atoms with E-state index in [-0.39, 0.29) is 28.6 Å². The van der Waals surface area contributed by atoms with Gasteiger partial charge in [-0.05, 0) is 86.6 Å². The smallest absolute Gasteiger partial charge is 0.375 e. The zero-order chi connectivity index (χ0) is 29.7. The van der Waals surface area contributed by atoms with E-state index in [1.807, 2.05) is 0 Å². The highest BCUT2D eigenvalue weighted by Crippen LogP contribution is 2.48. The molecule has 1 amide bonds. The molecule has 1 unspecified atom stereocenters. The summed E-state index contributed by atoms with van der Waals surface area (Å²) < 4.78 is 43.0. The summed E-state index contributed by atoms with van der Waals surface area (Å²) in [5.74, 6) is 1.49. The van der Waals surface area contributed by atoms with Gasteiger partial charge in [-0.2, -0.15) is 13.2 Å². The van der Waals surface area contributed by atoms with Crippen LogP contribution in [0.2, 0.25) is 5.15 Å². The van der Waals surface area contributed by atoms with Crippen molar-refractivity contribution < 1.29 is 28.2 Å². The summed E-state index contributed by atoms with van der Waals surface area (Å²) in [4.78, 5) is 21.6. The molecule has 11 heteroatoms. The lowest BCUT2D eigenvalue weighted by Crippen LogP contribution is -2.61. The molecule has 7 nitrogen and oxygen atoms in total. The van der Waals surface area contributed by atoms with Crippen LogP contribution in [0.5, 0.6) is 0 Å². The molecule has 1 aliphatic heterocycles. The Morgan fingerprint density at radius 3 is 2.27 bits per heavy atom. The van der Waals surface area contributed by atoms with Crippen molar-refractivity contribution in [2.45, 2.75) is 68.5 Å². The number of likely N-dealkylation sites (N-methyl/N-ethyl adjacent to an activating group) is 1. The lowest BCUT2D eigenvalue weighted by atomic mass is 9.68. The maximum Gasteiger partial charge on any atom is 0.425 e. The number of hydrogen-bond donors (Lipinski definition) is 2. The van der Waals surface area contributed by atoms with Crippen LogP contribution < -0.4 is 4.90 Å². The van der Waals surface area contributed by atoms with Crippen LogP contribution in [-0.4, -0.2) is 83.6 Å². The zero-order valence-corrected chi connectivity index (χ0v) is 24.4. The number of aliphatic hydroxyl groups excluding tert-OH is 1. The first-order valence-corrected chi connectivity index (χ1v) is 14.6. The molecule has 41 heavy (non-hydrogen) atoms. The predicted molar refractivity (Wildman–Crippen MR) is 151 cm³/mol. The van der Waals surface area contributed by atoms with Gasteiger partial charge in [0.2, 0.25) is 5.60 Å². The maximum atomic E-state index is 14.3. The van der Waals surface area contributed by atoms with Gasteiger partial charge in [-0.25, -0.2) is 4.98 Å². The molecule has 3 aliphatic rings. The summed E-state index contributed by atoms with van der Waals surface area (Å²) in [6, 6.07) is 9.21. The van der Waals surface area contributed by atoms with E-state index in [2.05, 4.69) is 9.88 Å². The summed E-state index contributed by atoms with van der Waals surface area (Å²) >= 11 is 6.29. The molecule has 2 atom stereocenters. The number of aromatic nitrogens is 1. The van der Waals surface area contributed by atoms with E-state index < -0.39 is 18.0 Å². The topological polar surface area (TPSA) is 80.1 Å². The summed E-state index contributed by atoms with van der Waals surface area (Å²) in [7, 11) is 4.78. The number of piperidine rings is 1. The Labute approximate surface area is 243 Å². The second-order valence-electron chi connectivity index (χ2n) is 12.1. The van der Waals surface area contributed by atoms with E-state index >= 15 is 0 Å². The molecule has 224 valence electrons. The van der Waals surface area contributed by atoms with Crippen molar-refractivity contribution in [2.75, 3.05) is 39.1 Å². The molecule has 2 N–H and O–H groups in total. The summed E-state index contributed by atoms with van der Waals surface area (Å²) in [5, 5.41) is 22.2. The normalized spacial score (nSPS) is 24.1. The Hall–Kier alpha value is -2.40. The van der Waals surface area contributed by atoms with E-state index in [1.165, 1.54) is 35.0 Å². The van der Waals surface area contributed by atoms with Crippen LogP contribution in [0.3, 0.4) is 0 Å². The van der Waals surface area contributed by atoms with Crippen LogP contribution in [0.25, 0.3) is 0 Å². The lowest BCUT2D eigenvalue weighted by Gasteiger charge is -2.50. The number of benzene rings is 1. The second-order valence-corrected chi connectivity index (χ2v) is 12.5. The van der Waals surface area contributed by atoms with E-state index in [0.29, 0.717) is 30.2 Å². The van der Waals surface area contributed by atoms with E-state index in [9.17, 15) is 28.2 Å². The highest BCUT2D eigenvalue weighted by atomic mass is 35.5. The van der Waals surface area contributed by atoms with Gasteiger partial charge in [0.1, 0.15) is 17.2 Å². The van der Waals surface area contributed by atoms with Gasteiger partial charge in [0.25, 0.3) is 5.91 Å². The number of alkyl halides is 3. The molecule has 0 radical (unpaired) electrons. The number of carbonyl (C=O) groups excluding carboxylic acids is 1. The first-order valence-electron chi connectivity index (χ1n) is 14.2. The standard InChI is InChI=1S/C30H38ClF3N4O3/c1-36(2)27(39)24-9-10-25(35-26(24)31)38-13-11-19(12-14-38)21-16-23(17-21)37(3)28(40)29(41,30(32,33)34)22-6-4-5-20(15-22)18-7-8-18/h4-6,9-10,15,18-19,21,23,28,40-41H,7-8,11-14,16-17H2,1-3H3/t21-,23-,28?,29-/m1/s1. The average molecular weight is 595 g/mol. The van der Waals surface area contributed by atoms with Crippen LogP contribution in [0.1, 0.15) is 65.9 Å². The van der Waals surface area contributed by atoms with Crippen LogP contribution in [0.15, 0.2) is 36.4 Å². The molecule has 1 saturated heterocycles. The van der Waals surface area contributed by atoms with Crippen molar-refractivity contribution in [3.05, 3.63) is 58.2 Å². The van der Waals surface area contributed by atoms with Gasteiger partial charge in [0.15, 0.2) is 0 Å². The first-order chi connectivity index (χ1) is 19.3. The first kappa shape index (κ1) is 30.1. The summed E-state index contributed by atoms with van der Waals surface area (Å²) in [6.45, 7) is 1.53.